The Labute approximate surface area is 412 Å². The zero-order chi connectivity index (χ0) is 46.6. The van der Waals surface area contributed by atoms with E-state index in [9.17, 15) is 0 Å². The third-order valence-corrected chi connectivity index (χ3v) is 15.1. The van der Waals surface area contributed by atoms with Gasteiger partial charge in [-0.25, -0.2) is 0 Å². The van der Waals surface area contributed by atoms with Crippen LogP contribution in [0.3, 0.4) is 0 Å². The Bertz CT molecular complexity index is 3970. The predicted molar refractivity (Wildman–Crippen MR) is 300 cm³/mol. The molecule has 0 amide bonds. The number of anilines is 6. The maximum Gasteiger partial charge on any atom is 0.252 e. The van der Waals surface area contributed by atoms with E-state index in [-0.39, 0.29) is 6.71 Å². The number of benzene rings is 11. The highest BCUT2D eigenvalue weighted by molar-refractivity contribution is 7.00. The number of para-hydroxylation sites is 6. The number of hydrogen-bond acceptors (Lipinski definition) is 2. The number of aromatic nitrogens is 2. The molecule has 0 fully saturated rings. The molecule has 71 heavy (non-hydrogen) atoms. The van der Waals surface area contributed by atoms with Crippen LogP contribution in [0.5, 0.6) is 0 Å². The molecule has 13 aromatic rings. The zero-order valence-electron chi connectivity index (χ0n) is 38.7. The van der Waals surface area contributed by atoms with Crippen LogP contribution in [-0.2, 0) is 0 Å². The zero-order valence-corrected chi connectivity index (χ0v) is 38.7. The maximum atomic E-state index is 2.51. The third-order valence-electron chi connectivity index (χ3n) is 15.1. The van der Waals surface area contributed by atoms with Gasteiger partial charge in [-0.3, -0.25) is 0 Å². The summed E-state index contributed by atoms with van der Waals surface area (Å²) in [4.78, 5) is 5.01. The second-order valence-electron chi connectivity index (χ2n) is 18.8. The lowest BCUT2D eigenvalue weighted by Crippen LogP contribution is -2.61. The van der Waals surface area contributed by atoms with Crippen LogP contribution >= 0.6 is 0 Å². The van der Waals surface area contributed by atoms with E-state index in [0.717, 1.165) is 22.7 Å². The van der Waals surface area contributed by atoms with Gasteiger partial charge in [-0.15, -0.1) is 0 Å². The lowest BCUT2D eigenvalue weighted by Gasteiger charge is -2.44. The first-order chi connectivity index (χ1) is 35.3. The second-order valence-corrected chi connectivity index (χ2v) is 18.8. The maximum absolute atomic E-state index is 2.51. The fourth-order valence-corrected chi connectivity index (χ4v) is 12.2. The van der Waals surface area contributed by atoms with Gasteiger partial charge in [0.15, 0.2) is 0 Å². The second kappa shape index (κ2) is 15.6. The Morgan fingerprint density at radius 3 is 1.07 bits per heavy atom. The molecule has 0 saturated heterocycles. The summed E-state index contributed by atoms with van der Waals surface area (Å²) >= 11 is 0. The van der Waals surface area contributed by atoms with Gasteiger partial charge in [0.2, 0.25) is 0 Å². The molecule has 330 valence electrons. The van der Waals surface area contributed by atoms with Crippen molar-refractivity contribution in [3.63, 3.8) is 0 Å². The van der Waals surface area contributed by atoms with Gasteiger partial charge < -0.3 is 18.9 Å². The molecule has 2 aliphatic rings. The predicted octanol–water partition coefficient (Wildman–Crippen LogP) is 15.3. The van der Waals surface area contributed by atoms with Crippen LogP contribution in [0.4, 0.5) is 34.1 Å². The number of rotatable bonds is 6. The topological polar surface area (TPSA) is 16.3 Å². The molecule has 2 aliphatic heterocycles. The quantitative estimate of drug-likeness (QED) is 0.155. The van der Waals surface area contributed by atoms with Crippen molar-refractivity contribution in [1.82, 2.24) is 9.13 Å². The Hall–Kier alpha value is -9.32. The molecule has 4 heterocycles. The van der Waals surface area contributed by atoms with E-state index in [1.165, 1.54) is 105 Å². The molecule has 0 spiro atoms. The minimum atomic E-state index is -0.0270. The van der Waals surface area contributed by atoms with Gasteiger partial charge in [0.25, 0.3) is 6.71 Å². The summed E-state index contributed by atoms with van der Waals surface area (Å²) < 4.78 is 4.82. The average Bonchev–Trinajstić information content (AvgIpc) is 3.97. The lowest BCUT2D eigenvalue weighted by molar-refractivity contribution is 1.18. The lowest BCUT2D eigenvalue weighted by atomic mass is 9.33. The third kappa shape index (κ3) is 5.87. The first-order valence-corrected chi connectivity index (χ1v) is 24.6. The molecule has 5 heteroatoms. The van der Waals surface area contributed by atoms with Crippen molar-refractivity contribution < 1.29 is 0 Å². The van der Waals surface area contributed by atoms with E-state index < -0.39 is 0 Å². The molecular formula is C66H43BN4. The highest BCUT2D eigenvalue weighted by atomic mass is 15.2. The molecule has 0 saturated carbocycles. The molecule has 0 bridgehead atoms. The summed E-state index contributed by atoms with van der Waals surface area (Å²) in [5.41, 5.74) is 22.8. The van der Waals surface area contributed by atoms with E-state index in [1.807, 2.05) is 0 Å². The van der Waals surface area contributed by atoms with Crippen LogP contribution < -0.4 is 26.2 Å². The summed E-state index contributed by atoms with van der Waals surface area (Å²) in [6.45, 7) is -0.0270. The Balaban J connectivity index is 0.973. The minimum Gasteiger partial charge on any atom is -0.311 e. The Kier molecular flexibility index (Phi) is 8.72. The highest BCUT2D eigenvalue weighted by Gasteiger charge is 2.43. The van der Waals surface area contributed by atoms with Crippen LogP contribution in [0, 0.1) is 0 Å². The Morgan fingerprint density at radius 1 is 0.268 bits per heavy atom. The fourth-order valence-electron chi connectivity index (χ4n) is 12.2. The van der Waals surface area contributed by atoms with E-state index in [2.05, 4.69) is 280 Å². The standard InChI is InChI=1S/C66H43BN4/c1-5-20-46(21-6-1)68-56-32-15-13-28-52(56)64-50(30-17-34-58(64)68)44-38-40-54-62(42-44)70(48-24-9-3-10-25-48)60-36-19-37-61-66(60)67(54)55-41-39-45(43-63(55)71(61)49-26-11-4-12-27-49)51-31-18-35-59-65(51)53-29-14-16-33-57(53)69(59)47-22-7-2-8-23-47/h1-43H. The summed E-state index contributed by atoms with van der Waals surface area (Å²) in [6, 6.07) is 96.1. The molecule has 0 N–H and O–H groups in total. The van der Waals surface area contributed by atoms with Crippen molar-refractivity contribution >= 4 is 101 Å². The van der Waals surface area contributed by atoms with E-state index in [1.54, 1.807) is 0 Å². The smallest absolute Gasteiger partial charge is 0.252 e. The summed E-state index contributed by atoms with van der Waals surface area (Å²) in [6.07, 6.45) is 0. The van der Waals surface area contributed by atoms with Crippen LogP contribution in [-0.4, -0.2) is 15.8 Å². The fraction of sp³-hybridized carbons (Fsp3) is 0. The highest BCUT2D eigenvalue weighted by Crippen LogP contribution is 2.47. The summed E-state index contributed by atoms with van der Waals surface area (Å²) in [5, 5.41) is 5.00. The van der Waals surface area contributed by atoms with E-state index >= 15 is 0 Å². The monoisotopic (exact) mass is 902 g/mol. The summed E-state index contributed by atoms with van der Waals surface area (Å²) in [5.74, 6) is 0. The van der Waals surface area contributed by atoms with Crippen LogP contribution in [0.1, 0.15) is 0 Å². The van der Waals surface area contributed by atoms with Crippen molar-refractivity contribution in [3.8, 4) is 33.6 Å². The van der Waals surface area contributed by atoms with Crippen LogP contribution in [0.15, 0.2) is 261 Å². The Morgan fingerprint density at radius 2 is 0.634 bits per heavy atom. The van der Waals surface area contributed by atoms with Crippen molar-refractivity contribution in [2.45, 2.75) is 0 Å². The molecule has 15 rings (SSSR count). The van der Waals surface area contributed by atoms with Crippen LogP contribution in [0.25, 0.3) is 77.2 Å². The minimum absolute atomic E-state index is 0.0270. The van der Waals surface area contributed by atoms with Crippen LogP contribution in [0.2, 0.25) is 0 Å². The van der Waals surface area contributed by atoms with E-state index in [4.69, 9.17) is 0 Å². The van der Waals surface area contributed by atoms with Gasteiger partial charge in [-0.1, -0.05) is 164 Å². The molecule has 0 unspecified atom stereocenters. The van der Waals surface area contributed by atoms with Gasteiger partial charge in [-0.05, 0) is 136 Å². The first kappa shape index (κ1) is 39.7. The number of fused-ring (bicyclic) bond motifs is 10. The normalized spacial score (nSPS) is 12.7. The molecule has 11 aromatic carbocycles. The van der Waals surface area contributed by atoms with Gasteiger partial charge in [0, 0.05) is 67.0 Å². The van der Waals surface area contributed by atoms with Crippen molar-refractivity contribution in [2.24, 2.45) is 0 Å². The number of nitrogens with zero attached hydrogens (tertiary/aromatic N) is 4. The largest absolute Gasteiger partial charge is 0.311 e. The van der Waals surface area contributed by atoms with Crippen molar-refractivity contribution in [2.75, 3.05) is 9.80 Å². The number of hydrogen-bond donors (Lipinski definition) is 0. The first-order valence-electron chi connectivity index (χ1n) is 24.6. The SMILES string of the molecule is c1ccc(N2c3cc(-c4cccc5c4c4ccccc4n5-c4ccccc4)ccc3B3c4ccc(-c5cccc6c5c5ccccc5n6-c5ccccc5)cc4N(c4ccccc4)c4cccc2c43)cc1. The summed E-state index contributed by atoms with van der Waals surface area (Å²) in [7, 11) is 0. The van der Waals surface area contributed by atoms with Gasteiger partial charge >= 0.3 is 0 Å². The molecule has 4 nitrogen and oxygen atoms in total. The van der Waals surface area contributed by atoms with Crippen molar-refractivity contribution in [3.05, 3.63) is 261 Å². The molecule has 0 radical (unpaired) electrons. The molecule has 0 atom stereocenters. The van der Waals surface area contributed by atoms with Crippen molar-refractivity contribution in [1.29, 1.82) is 0 Å². The van der Waals surface area contributed by atoms with Gasteiger partial charge in [-0.2, -0.15) is 0 Å². The molecule has 0 aliphatic carbocycles. The molecular weight excluding hydrogens is 860 g/mol. The molecule has 2 aromatic heterocycles. The van der Waals surface area contributed by atoms with Gasteiger partial charge in [0.05, 0.1) is 22.1 Å². The average molecular weight is 903 g/mol. The van der Waals surface area contributed by atoms with E-state index in [0.29, 0.717) is 0 Å². The van der Waals surface area contributed by atoms with Gasteiger partial charge in [0.1, 0.15) is 0 Å².